The molecule has 0 aromatic carbocycles. The van der Waals surface area contributed by atoms with Crippen molar-refractivity contribution in [2.75, 3.05) is 0 Å². The Bertz CT molecular complexity index is 112. The van der Waals surface area contributed by atoms with E-state index in [1.807, 2.05) is 19.1 Å². The third-order valence-electron chi connectivity index (χ3n) is 0.663. The van der Waals surface area contributed by atoms with Gasteiger partial charge in [0.05, 0.1) is 6.26 Å². The quantitative estimate of drug-likeness (QED) is 0.564. The van der Waals surface area contributed by atoms with Gasteiger partial charge >= 0.3 is 0 Å². The first-order valence-electron chi connectivity index (χ1n) is 1.90. The average molecular weight is 189 g/mol. The van der Waals surface area contributed by atoms with Gasteiger partial charge in [-0.25, -0.2) is 0 Å². The van der Waals surface area contributed by atoms with Crippen LogP contribution in [0.2, 0.25) is 0 Å². The summed E-state index contributed by atoms with van der Waals surface area (Å²) in [5, 5.41) is 0. The van der Waals surface area contributed by atoms with E-state index in [2.05, 4.69) is 0 Å². The molecule has 0 saturated carbocycles. The zero-order valence-corrected chi connectivity index (χ0v) is 5.51. The van der Waals surface area contributed by atoms with Crippen LogP contribution in [-0.4, -0.2) is 0 Å². The predicted octanol–water partition coefficient (Wildman–Crippen LogP) is 1.59. The van der Waals surface area contributed by atoms with Gasteiger partial charge in [0.15, 0.2) is 0 Å². The molecule has 2 heteroatoms. The van der Waals surface area contributed by atoms with E-state index in [0.717, 1.165) is 5.76 Å². The molecule has 1 heterocycles. The van der Waals surface area contributed by atoms with Gasteiger partial charge in [-0.1, -0.05) is 0 Å². The van der Waals surface area contributed by atoms with Crippen LogP contribution in [0.1, 0.15) is 5.76 Å². The van der Waals surface area contributed by atoms with Crippen LogP contribution in [0.25, 0.3) is 0 Å². The van der Waals surface area contributed by atoms with Crippen molar-refractivity contribution in [3.8, 4) is 0 Å². The molecule has 0 fully saturated rings. The molecule has 1 nitrogen and oxygen atoms in total. The Hall–Kier alpha value is -0.0577. The van der Waals surface area contributed by atoms with Crippen molar-refractivity contribution in [2.45, 2.75) is 6.92 Å². The molecule has 0 bridgehead atoms. The van der Waals surface area contributed by atoms with Crippen LogP contribution in [-0.2, 0) is 20.4 Å². The van der Waals surface area contributed by atoms with Gasteiger partial charge in [-0.3, -0.25) is 0 Å². The van der Waals surface area contributed by atoms with Crippen molar-refractivity contribution in [1.29, 1.82) is 0 Å². The van der Waals surface area contributed by atoms with Crippen molar-refractivity contribution in [1.82, 2.24) is 0 Å². The van der Waals surface area contributed by atoms with Crippen molar-refractivity contribution in [3.05, 3.63) is 24.2 Å². The Balaban J connectivity index is 0.000000360. The molecule has 1 aromatic heterocycles. The van der Waals surface area contributed by atoms with E-state index in [4.69, 9.17) is 4.42 Å². The molecule has 7 heavy (non-hydrogen) atoms. The minimum Gasteiger partial charge on any atom is -0.470 e. The Labute approximate surface area is 56.4 Å². The molecule has 0 N–H and O–H groups in total. The predicted molar refractivity (Wildman–Crippen MR) is 23.4 cm³/mol. The van der Waals surface area contributed by atoms with Crippen LogP contribution in [0, 0.1) is 6.92 Å². The molecule has 0 saturated heterocycles. The maximum atomic E-state index is 4.83. The van der Waals surface area contributed by atoms with Gasteiger partial charge in [0, 0.05) is 20.4 Å². The van der Waals surface area contributed by atoms with Crippen molar-refractivity contribution in [3.63, 3.8) is 0 Å². The van der Waals surface area contributed by atoms with Gasteiger partial charge in [0.25, 0.3) is 0 Å². The fourth-order valence-corrected chi connectivity index (χ4v) is 0.361. The van der Waals surface area contributed by atoms with Crippen LogP contribution < -0.4 is 0 Å². The summed E-state index contributed by atoms with van der Waals surface area (Å²) >= 11 is 0. The van der Waals surface area contributed by atoms with Gasteiger partial charge in [-0.15, -0.1) is 0 Å². The monoisotopic (exact) mass is 188 g/mol. The van der Waals surface area contributed by atoms with Gasteiger partial charge in [0.2, 0.25) is 0 Å². The van der Waals surface area contributed by atoms with E-state index in [1.165, 1.54) is 0 Å². The molecule has 1 rings (SSSR count). The second kappa shape index (κ2) is 3.01. The summed E-state index contributed by atoms with van der Waals surface area (Å²) < 4.78 is 4.83. The topological polar surface area (TPSA) is 13.1 Å². The molecule has 0 atom stereocenters. The molecule has 0 amide bonds. The SMILES string of the molecule is Cc1ccco1.[Pd]. The molecule has 0 aliphatic rings. The van der Waals surface area contributed by atoms with Crippen LogP contribution in [0.5, 0.6) is 0 Å². The summed E-state index contributed by atoms with van der Waals surface area (Å²) in [7, 11) is 0. The molecule has 42 valence electrons. The Morgan fingerprint density at radius 2 is 2.29 bits per heavy atom. The minimum absolute atomic E-state index is 0. The number of hydrogen-bond donors (Lipinski definition) is 0. The normalized spacial score (nSPS) is 7.57. The molecule has 1 aromatic rings. The summed E-state index contributed by atoms with van der Waals surface area (Å²) in [6, 6.07) is 3.79. The van der Waals surface area contributed by atoms with Crippen LogP contribution in [0.15, 0.2) is 22.8 Å². The van der Waals surface area contributed by atoms with Crippen LogP contribution >= 0.6 is 0 Å². The number of rotatable bonds is 0. The number of aryl methyl sites for hydroxylation is 1. The summed E-state index contributed by atoms with van der Waals surface area (Å²) in [6.07, 6.45) is 1.66. The smallest absolute Gasteiger partial charge is 0.100 e. The summed E-state index contributed by atoms with van der Waals surface area (Å²) in [6.45, 7) is 1.92. The number of hydrogen-bond acceptors (Lipinski definition) is 1. The van der Waals surface area contributed by atoms with Crippen LogP contribution in [0.3, 0.4) is 0 Å². The first-order chi connectivity index (χ1) is 2.89. The number of furan rings is 1. The van der Waals surface area contributed by atoms with Crippen molar-refractivity contribution in [2.24, 2.45) is 0 Å². The average Bonchev–Trinajstić information content (AvgIpc) is 1.86. The molecule has 0 aliphatic carbocycles. The van der Waals surface area contributed by atoms with E-state index in [-0.39, 0.29) is 20.4 Å². The fraction of sp³-hybridized carbons (Fsp3) is 0.200. The molecule has 0 aliphatic heterocycles. The molecule has 0 unspecified atom stereocenters. The largest absolute Gasteiger partial charge is 0.470 e. The fourth-order valence-electron chi connectivity index (χ4n) is 0.361. The Kier molecular flexibility index (Phi) is 2.99. The zero-order valence-electron chi connectivity index (χ0n) is 3.96. The third-order valence-corrected chi connectivity index (χ3v) is 0.663. The van der Waals surface area contributed by atoms with Crippen molar-refractivity contribution >= 4 is 0 Å². The standard InChI is InChI=1S/C5H6O.Pd/c1-5-3-2-4-6-5;/h2-4H,1H3;. The first kappa shape index (κ1) is 6.94. The first-order valence-corrected chi connectivity index (χ1v) is 1.90. The summed E-state index contributed by atoms with van der Waals surface area (Å²) in [5.74, 6) is 0.968. The third kappa shape index (κ3) is 1.92. The van der Waals surface area contributed by atoms with E-state index in [1.54, 1.807) is 6.26 Å². The Morgan fingerprint density at radius 3 is 2.43 bits per heavy atom. The molecule has 0 radical (unpaired) electrons. The van der Waals surface area contributed by atoms with E-state index >= 15 is 0 Å². The maximum absolute atomic E-state index is 4.83. The van der Waals surface area contributed by atoms with Gasteiger partial charge in [-0.05, 0) is 19.1 Å². The summed E-state index contributed by atoms with van der Waals surface area (Å²) in [4.78, 5) is 0. The van der Waals surface area contributed by atoms with E-state index in [0.29, 0.717) is 0 Å². The van der Waals surface area contributed by atoms with Gasteiger partial charge < -0.3 is 4.42 Å². The maximum Gasteiger partial charge on any atom is 0.100 e. The van der Waals surface area contributed by atoms with E-state index in [9.17, 15) is 0 Å². The minimum atomic E-state index is 0. The van der Waals surface area contributed by atoms with Gasteiger partial charge in [-0.2, -0.15) is 0 Å². The Morgan fingerprint density at radius 1 is 1.57 bits per heavy atom. The van der Waals surface area contributed by atoms with Crippen molar-refractivity contribution < 1.29 is 24.8 Å². The molecular weight excluding hydrogens is 182 g/mol. The molecular formula is C5H6OPd. The van der Waals surface area contributed by atoms with E-state index < -0.39 is 0 Å². The summed E-state index contributed by atoms with van der Waals surface area (Å²) in [5.41, 5.74) is 0. The second-order valence-corrected chi connectivity index (χ2v) is 1.22. The second-order valence-electron chi connectivity index (χ2n) is 1.22. The van der Waals surface area contributed by atoms with Gasteiger partial charge in [0.1, 0.15) is 5.76 Å². The van der Waals surface area contributed by atoms with Crippen LogP contribution in [0.4, 0.5) is 0 Å². The molecule has 0 spiro atoms. The zero-order chi connectivity index (χ0) is 4.41.